The third-order valence-electron chi connectivity index (χ3n) is 7.47. The number of carbonyl (C=O) groups is 1. The molecule has 0 saturated carbocycles. The fourth-order valence-corrected chi connectivity index (χ4v) is 5.45. The molecule has 200 valence electrons. The second kappa shape index (κ2) is 11.3. The summed E-state index contributed by atoms with van der Waals surface area (Å²) in [4.78, 5) is 26.7. The van der Waals surface area contributed by atoms with Crippen LogP contribution in [0.15, 0.2) is 66.9 Å². The SMILES string of the molecule is O=C(Nc1ccc(Oc2ccnc(N3CCCCC3)n2)c2ccccc12)c1cc(F)cc(N2CCCCC2)c1. The van der Waals surface area contributed by atoms with Crippen molar-refractivity contribution in [2.45, 2.75) is 38.5 Å². The topological polar surface area (TPSA) is 70.6 Å². The molecule has 2 saturated heterocycles. The Labute approximate surface area is 227 Å². The molecule has 6 rings (SSSR count). The van der Waals surface area contributed by atoms with Crippen LogP contribution in [0.1, 0.15) is 48.9 Å². The average Bonchev–Trinajstić information content (AvgIpc) is 2.99. The van der Waals surface area contributed by atoms with Crippen LogP contribution in [-0.4, -0.2) is 42.1 Å². The number of fused-ring (bicyclic) bond motifs is 1. The van der Waals surface area contributed by atoms with Gasteiger partial charge in [0.15, 0.2) is 0 Å². The van der Waals surface area contributed by atoms with Gasteiger partial charge in [-0.15, -0.1) is 0 Å². The third-order valence-corrected chi connectivity index (χ3v) is 7.47. The molecule has 2 aliphatic heterocycles. The Kier molecular flexibility index (Phi) is 7.25. The molecule has 3 heterocycles. The van der Waals surface area contributed by atoms with Crippen molar-refractivity contribution in [3.05, 3.63) is 78.2 Å². The lowest BCUT2D eigenvalue weighted by atomic mass is 10.1. The summed E-state index contributed by atoms with van der Waals surface area (Å²) in [6.07, 6.45) is 8.58. The van der Waals surface area contributed by atoms with Crippen molar-refractivity contribution in [3.63, 3.8) is 0 Å². The summed E-state index contributed by atoms with van der Waals surface area (Å²) >= 11 is 0. The van der Waals surface area contributed by atoms with Crippen LogP contribution in [0.3, 0.4) is 0 Å². The molecule has 0 radical (unpaired) electrons. The van der Waals surface area contributed by atoms with Crippen molar-refractivity contribution in [2.24, 2.45) is 0 Å². The fraction of sp³-hybridized carbons (Fsp3) is 0.323. The van der Waals surface area contributed by atoms with Crippen LogP contribution in [0.25, 0.3) is 10.8 Å². The highest BCUT2D eigenvalue weighted by molar-refractivity contribution is 6.10. The van der Waals surface area contributed by atoms with Crippen LogP contribution in [0.2, 0.25) is 0 Å². The first kappa shape index (κ1) is 25.1. The van der Waals surface area contributed by atoms with E-state index >= 15 is 0 Å². The quantitative estimate of drug-likeness (QED) is 0.299. The Morgan fingerprint density at radius 3 is 2.31 bits per heavy atom. The van der Waals surface area contributed by atoms with Gasteiger partial charge >= 0.3 is 0 Å². The number of piperidine rings is 2. The minimum atomic E-state index is -0.411. The highest BCUT2D eigenvalue weighted by Crippen LogP contribution is 2.35. The first-order chi connectivity index (χ1) is 19.1. The normalized spacial score (nSPS) is 15.8. The van der Waals surface area contributed by atoms with Crippen LogP contribution >= 0.6 is 0 Å². The van der Waals surface area contributed by atoms with E-state index in [2.05, 4.69) is 25.1 Å². The van der Waals surface area contributed by atoms with Crippen LogP contribution in [0.5, 0.6) is 11.6 Å². The number of aromatic nitrogens is 2. The van der Waals surface area contributed by atoms with Gasteiger partial charge in [0.05, 0.1) is 0 Å². The largest absolute Gasteiger partial charge is 0.438 e. The van der Waals surface area contributed by atoms with Gasteiger partial charge in [0.25, 0.3) is 5.91 Å². The van der Waals surface area contributed by atoms with E-state index in [4.69, 9.17) is 4.74 Å². The number of ether oxygens (including phenoxy) is 1. The molecule has 1 N–H and O–H groups in total. The molecule has 1 amide bonds. The number of carbonyl (C=O) groups excluding carboxylic acids is 1. The van der Waals surface area contributed by atoms with E-state index in [1.807, 2.05) is 36.4 Å². The summed E-state index contributed by atoms with van der Waals surface area (Å²) in [5.41, 5.74) is 1.68. The molecule has 7 nitrogen and oxygen atoms in total. The molecule has 8 heteroatoms. The van der Waals surface area contributed by atoms with Gasteiger partial charge < -0.3 is 19.9 Å². The van der Waals surface area contributed by atoms with E-state index in [0.717, 1.165) is 68.3 Å². The summed E-state index contributed by atoms with van der Waals surface area (Å²) in [7, 11) is 0. The second-order valence-electron chi connectivity index (χ2n) is 10.2. The zero-order valence-corrected chi connectivity index (χ0v) is 21.9. The minimum absolute atomic E-state index is 0.297. The van der Waals surface area contributed by atoms with Gasteiger partial charge in [-0.2, -0.15) is 4.98 Å². The van der Waals surface area contributed by atoms with E-state index in [1.54, 1.807) is 18.3 Å². The molecule has 4 aromatic rings. The molecule has 0 aliphatic carbocycles. The van der Waals surface area contributed by atoms with E-state index in [9.17, 15) is 9.18 Å². The highest BCUT2D eigenvalue weighted by Gasteiger charge is 2.18. The van der Waals surface area contributed by atoms with Crippen molar-refractivity contribution >= 4 is 34.0 Å². The highest BCUT2D eigenvalue weighted by atomic mass is 19.1. The van der Waals surface area contributed by atoms with Crippen molar-refractivity contribution in [1.82, 2.24) is 9.97 Å². The monoisotopic (exact) mass is 525 g/mol. The first-order valence-corrected chi connectivity index (χ1v) is 13.8. The van der Waals surface area contributed by atoms with Crippen molar-refractivity contribution in [3.8, 4) is 11.6 Å². The molecule has 2 aliphatic rings. The number of amides is 1. The Balaban J connectivity index is 1.24. The number of halogens is 1. The average molecular weight is 526 g/mol. The number of nitrogens with one attached hydrogen (secondary N) is 1. The van der Waals surface area contributed by atoms with Crippen LogP contribution < -0.4 is 19.9 Å². The molecule has 1 aromatic heterocycles. The molecule has 0 bridgehead atoms. The molecule has 39 heavy (non-hydrogen) atoms. The number of anilines is 3. The lowest BCUT2D eigenvalue weighted by molar-refractivity contribution is 0.102. The summed E-state index contributed by atoms with van der Waals surface area (Å²) in [6, 6.07) is 17.7. The summed E-state index contributed by atoms with van der Waals surface area (Å²) in [5, 5.41) is 4.65. The van der Waals surface area contributed by atoms with Gasteiger partial charge in [-0.25, -0.2) is 9.37 Å². The smallest absolute Gasteiger partial charge is 0.255 e. The van der Waals surface area contributed by atoms with E-state index in [0.29, 0.717) is 28.8 Å². The van der Waals surface area contributed by atoms with Crippen molar-refractivity contribution < 1.29 is 13.9 Å². The third kappa shape index (κ3) is 5.65. The van der Waals surface area contributed by atoms with E-state index in [1.165, 1.54) is 25.0 Å². The Morgan fingerprint density at radius 2 is 1.54 bits per heavy atom. The Bertz CT molecular complexity index is 1480. The van der Waals surface area contributed by atoms with Gasteiger partial charge in [0, 0.05) is 66.2 Å². The minimum Gasteiger partial charge on any atom is -0.438 e. The molecular formula is C31H32FN5O2. The molecule has 3 aromatic carbocycles. The summed E-state index contributed by atoms with van der Waals surface area (Å²) < 4.78 is 20.7. The number of benzene rings is 3. The summed E-state index contributed by atoms with van der Waals surface area (Å²) in [6.45, 7) is 3.65. The standard InChI is InChI=1S/C31H32FN5O2/c32-23-19-22(20-24(21-23)36-15-5-1-6-16-36)30(38)34-27-11-12-28(26-10-4-3-9-25(26)27)39-29-13-14-33-31(35-29)37-17-7-2-8-18-37/h3-4,9-14,19-21H,1-2,5-8,15-18H2,(H,34,38). The van der Waals surface area contributed by atoms with Gasteiger partial charge in [-0.05, 0) is 68.9 Å². The first-order valence-electron chi connectivity index (χ1n) is 13.8. The number of nitrogens with zero attached hydrogens (tertiary/aromatic N) is 4. The molecular weight excluding hydrogens is 493 g/mol. The number of rotatable bonds is 6. The van der Waals surface area contributed by atoms with Crippen LogP contribution in [0.4, 0.5) is 21.7 Å². The second-order valence-corrected chi connectivity index (χ2v) is 10.2. The number of hydrogen-bond acceptors (Lipinski definition) is 6. The lowest BCUT2D eigenvalue weighted by Gasteiger charge is -2.29. The summed E-state index contributed by atoms with van der Waals surface area (Å²) in [5.74, 6) is 1.01. The van der Waals surface area contributed by atoms with Gasteiger partial charge in [0.2, 0.25) is 11.8 Å². The fourth-order valence-electron chi connectivity index (χ4n) is 5.45. The van der Waals surface area contributed by atoms with Gasteiger partial charge in [-0.1, -0.05) is 24.3 Å². The predicted molar refractivity (Wildman–Crippen MR) is 153 cm³/mol. The molecule has 0 unspecified atom stereocenters. The van der Waals surface area contributed by atoms with Gasteiger partial charge in [0.1, 0.15) is 11.6 Å². The van der Waals surface area contributed by atoms with Gasteiger partial charge in [-0.3, -0.25) is 4.79 Å². The lowest BCUT2D eigenvalue weighted by Crippen LogP contribution is -2.30. The Morgan fingerprint density at radius 1 is 0.821 bits per heavy atom. The predicted octanol–water partition coefficient (Wildman–Crippen LogP) is 6.79. The van der Waals surface area contributed by atoms with Crippen molar-refractivity contribution in [2.75, 3.05) is 41.3 Å². The van der Waals surface area contributed by atoms with Crippen LogP contribution in [-0.2, 0) is 0 Å². The van der Waals surface area contributed by atoms with E-state index in [-0.39, 0.29) is 5.91 Å². The van der Waals surface area contributed by atoms with Crippen LogP contribution in [0, 0.1) is 5.82 Å². The van der Waals surface area contributed by atoms with E-state index < -0.39 is 5.82 Å². The molecule has 0 atom stereocenters. The molecule has 0 spiro atoms. The maximum Gasteiger partial charge on any atom is 0.255 e. The maximum atomic E-state index is 14.5. The number of hydrogen-bond donors (Lipinski definition) is 1. The van der Waals surface area contributed by atoms with Crippen molar-refractivity contribution in [1.29, 1.82) is 0 Å². The maximum absolute atomic E-state index is 14.5. The molecule has 2 fully saturated rings. The zero-order valence-electron chi connectivity index (χ0n) is 21.9. The Hall–Kier alpha value is -4.20. The zero-order chi connectivity index (χ0) is 26.6.